The molecule has 1 heterocycles. The summed E-state index contributed by atoms with van der Waals surface area (Å²) in [5, 5.41) is 13.5. The van der Waals surface area contributed by atoms with Crippen molar-refractivity contribution in [2.24, 2.45) is 4.99 Å². The van der Waals surface area contributed by atoms with E-state index in [-0.39, 0.29) is 10.6 Å². The number of hydrogen-bond donors (Lipinski definition) is 0. The van der Waals surface area contributed by atoms with Gasteiger partial charge in [-0.05, 0) is 30.4 Å². The first kappa shape index (κ1) is 22.5. The summed E-state index contributed by atoms with van der Waals surface area (Å²) in [6, 6.07) is 15.7. The number of non-ortho nitro benzene ring substituents is 1. The lowest BCUT2D eigenvalue weighted by Crippen LogP contribution is -2.23. The Morgan fingerprint density at radius 1 is 1.03 bits per heavy atom. The lowest BCUT2D eigenvalue weighted by molar-refractivity contribution is -0.384. The second-order valence-corrected chi connectivity index (χ2v) is 9.74. The van der Waals surface area contributed by atoms with Gasteiger partial charge in [-0.15, -0.1) is 11.3 Å². The zero-order valence-electron chi connectivity index (χ0n) is 18.9. The Morgan fingerprint density at radius 2 is 1.75 bits per heavy atom. The van der Waals surface area contributed by atoms with Crippen LogP contribution < -0.4 is 4.80 Å². The van der Waals surface area contributed by atoms with E-state index in [1.165, 1.54) is 37.7 Å². The van der Waals surface area contributed by atoms with Crippen LogP contribution in [0, 0.1) is 10.1 Å². The highest BCUT2D eigenvalue weighted by atomic mass is 32.1. The number of nitrogens with zero attached hydrogens (tertiary/aromatic N) is 3. The van der Waals surface area contributed by atoms with Crippen LogP contribution in [0.3, 0.4) is 0 Å². The van der Waals surface area contributed by atoms with Crippen LogP contribution in [-0.4, -0.2) is 9.49 Å². The zero-order valence-corrected chi connectivity index (χ0v) is 19.7. The van der Waals surface area contributed by atoms with Crippen molar-refractivity contribution in [2.75, 3.05) is 0 Å². The van der Waals surface area contributed by atoms with Gasteiger partial charge in [-0.25, -0.2) is 4.99 Å². The fourth-order valence-electron chi connectivity index (χ4n) is 4.62. The maximum Gasteiger partial charge on any atom is 0.270 e. The molecule has 0 radical (unpaired) electrons. The Balaban J connectivity index is 1.88. The number of hydrogen-bond acceptors (Lipinski definition) is 4. The van der Waals surface area contributed by atoms with E-state index in [1.54, 1.807) is 29.5 Å². The molecule has 1 aromatic heterocycles. The molecule has 0 atom stereocenters. The van der Waals surface area contributed by atoms with E-state index in [0.29, 0.717) is 12.0 Å². The van der Waals surface area contributed by atoms with Crippen molar-refractivity contribution >= 4 is 22.7 Å². The Hall–Kier alpha value is -2.73. The monoisotopic (exact) mass is 449 g/mol. The standard InChI is InChI=1S/C26H31N3O2S/c1-19(2)23-15-8-9-16-24(23)27-26-28(21-12-6-4-3-5-7-13-21)25(18-32-26)20-11-10-14-22(17-20)29(30)31/h8-11,14-19,21H,3-7,12-13H2,1-2H3. The number of benzene rings is 2. The first-order valence-electron chi connectivity index (χ1n) is 11.6. The molecular formula is C26H31N3O2S. The van der Waals surface area contributed by atoms with Crippen LogP contribution >= 0.6 is 11.3 Å². The predicted octanol–water partition coefficient (Wildman–Crippen LogP) is 7.77. The molecule has 5 nitrogen and oxygen atoms in total. The van der Waals surface area contributed by atoms with Gasteiger partial charge in [0.05, 0.1) is 16.3 Å². The summed E-state index contributed by atoms with van der Waals surface area (Å²) in [6.07, 6.45) is 8.53. The third kappa shape index (κ3) is 5.01. The molecule has 0 N–H and O–H groups in total. The lowest BCUT2D eigenvalue weighted by atomic mass is 9.96. The second-order valence-electron chi connectivity index (χ2n) is 8.91. The fourth-order valence-corrected chi connectivity index (χ4v) is 5.60. The van der Waals surface area contributed by atoms with Crippen molar-refractivity contribution in [1.82, 2.24) is 4.57 Å². The van der Waals surface area contributed by atoms with Gasteiger partial charge in [-0.1, -0.05) is 76.3 Å². The summed E-state index contributed by atoms with van der Waals surface area (Å²) >= 11 is 1.63. The fraction of sp³-hybridized carbons (Fsp3) is 0.423. The molecule has 1 aliphatic rings. The largest absolute Gasteiger partial charge is 0.313 e. The van der Waals surface area contributed by atoms with Gasteiger partial charge in [0.1, 0.15) is 0 Å². The Kier molecular flexibility index (Phi) is 7.20. The summed E-state index contributed by atoms with van der Waals surface area (Å²) in [5.74, 6) is 0.390. The number of aromatic nitrogens is 1. The summed E-state index contributed by atoms with van der Waals surface area (Å²) < 4.78 is 2.37. The topological polar surface area (TPSA) is 60.4 Å². The predicted molar refractivity (Wildman–Crippen MR) is 132 cm³/mol. The van der Waals surface area contributed by atoms with Crippen LogP contribution in [0.5, 0.6) is 0 Å². The molecule has 0 unspecified atom stereocenters. The highest BCUT2D eigenvalue weighted by Gasteiger charge is 2.20. The van der Waals surface area contributed by atoms with E-state index < -0.39 is 0 Å². The minimum absolute atomic E-state index is 0.126. The van der Waals surface area contributed by atoms with Gasteiger partial charge < -0.3 is 4.57 Å². The van der Waals surface area contributed by atoms with Crippen molar-refractivity contribution in [1.29, 1.82) is 0 Å². The number of thiazole rings is 1. The average Bonchev–Trinajstić information content (AvgIpc) is 3.17. The molecule has 0 aliphatic heterocycles. The van der Waals surface area contributed by atoms with Gasteiger partial charge in [0, 0.05) is 29.1 Å². The third-order valence-electron chi connectivity index (χ3n) is 6.31. The molecule has 2 aromatic carbocycles. The highest BCUT2D eigenvalue weighted by Crippen LogP contribution is 2.33. The highest BCUT2D eigenvalue weighted by molar-refractivity contribution is 7.07. The normalized spacial score (nSPS) is 16.2. The van der Waals surface area contributed by atoms with Gasteiger partial charge >= 0.3 is 0 Å². The summed E-state index contributed by atoms with van der Waals surface area (Å²) in [4.78, 5) is 17.2. The first-order chi connectivity index (χ1) is 15.5. The molecule has 6 heteroatoms. The van der Waals surface area contributed by atoms with Crippen LogP contribution in [0.1, 0.15) is 76.3 Å². The van der Waals surface area contributed by atoms with E-state index in [4.69, 9.17) is 4.99 Å². The van der Waals surface area contributed by atoms with E-state index in [9.17, 15) is 10.1 Å². The van der Waals surface area contributed by atoms with E-state index >= 15 is 0 Å². The van der Waals surface area contributed by atoms with Crippen LogP contribution in [0.25, 0.3) is 11.3 Å². The third-order valence-corrected chi connectivity index (χ3v) is 7.15. The van der Waals surface area contributed by atoms with E-state index in [0.717, 1.165) is 34.6 Å². The maximum absolute atomic E-state index is 11.4. The van der Waals surface area contributed by atoms with Crippen LogP contribution in [0.15, 0.2) is 58.9 Å². The molecule has 0 saturated heterocycles. The molecule has 0 bridgehead atoms. The molecular weight excluding hydrogens is 418 g/mol. The maximum atomic E-state index is 11.4. The molecule has 0 spiro atoms. The molecule has 4 rings (SSSR count). The summed E-state index contributed by atoms with van der Waals surface area (Å²) in [7, 11) is 0. The van der Waals surface area contributed by atoms with E-state index in [1.807, 2.05) is 12.1 Å². The smallest absolute Gasteiger partial charge is 0.270 e. The molecule has 168 valence electrons. The average molecular weight is 450 g/mol. The van der Waals surface area contributed by atoms with Gasteiger partial charge in [0.25, 0.3) is 5.69 Å². The van der Waals surface area contributed by atoms with Crippen molar-refractivity contribution in [2.45, 2.75) is 70.8 Å². The molecule has 1 saturated carbocycles. The Bertz CT molecular complexity index is 1140. The summed E-state index contributed by atoms with van der Waals surface area (Å²) in [5.41, 5.74) is 4.29. The molecule has 3 aromatic rings. The van der Waals surface area contributed by atoms with Crippen molar-refractivity contribution in [3.05, 3.63) is 74.4 Å². The molecule has 0 amide bonds. The second kappa shape index (κ2) is 10.3. The SMILES string of the molecule is CC(C)c1ccccc1N=c1scc(-c2cccc([N+](=O)[O-])c2)n1C1CCCCCCC1. The Labute approximate surface area is 193 Å². The van der Waals surface area contributed by atoms with Gasteiger partial charge in [-0.3, -0.25) is 10.1 Å². The molecule has 1 fully saturated rings. The van der Waals surface area contributed by atoms with Gasteiger partial charge in [0.15, 0.2) is 4.80 Å². The minimum atomic E-state index is -0.319. The summed E-state index contributed by atoms with van der Waals surface area (Å²) in [6.45, 7) is 4.39. The van der Waals surface area contributed by atoms with Crippen molar-refractivity contribution < 1.29 is 4.92 Å². The number of rotatable bonds is 5. The van der Waals surface area contributed by atoms with Crippen molar-refractivity contribution in [3.8, 4) is 11.3 Å². The van der Waals surface area contributed by atoms with Crippen LogP contribution in [0.2, 0.25) is 0 Å². The van der Waals surface area contributed by atoms with Crippen molar-refractivity contribution in [3.63, 3.8) is 0 Å². The number of nitro benzene ring substituents is 1. The quantitative estimate of drug-likeness (QED) is 0.295. The van der Waals surface area contributed by atoms with Gasteiger partial charge in [-0.2, -0.15) is 0 Å². The molecule has 32 heavy (non-hydrogen) atoms. The molecule has 1 aliphatic carbocycles. The van der Waals surface area contributed by atoms with Crippen LogP contribution in [-0.2, 0) is 0 Å². The van der Waals surface area contributed by atoms with Gasteiger partial charge in [0.2, 0.25) is 0 Å². The number of nitro groups is 1. The first-order valence-corrected chi connectivity index (χ1v) is 12.5. The van der Waals surface area contributed by atoms with Crippen LogP contribution in [0.4, 0.5) is 11.4 Å². The lowest BCUT2D eigenvalue weighted by Gasteiger charge is -2.24. The zero-order chi connectivity index (χ0) is 22.5. The minimum Gasteiger partial charge on any atom is -0.313 e. The Morgan fingerprint density at radius 3 is 2.47 bits per heavy atom. The van der Waals surface area contributed by atoms with E-state index in [2.05, 4.69) is 42.0 Å². The number of para-hydroxylation sites is 1.